The molecule has 2 aliphatic carbocycles. The Morgan fingerprint density at radius 1 is 1.00 bits per heavy atom. The van der Waals surface area contributed by atoms with E-state index >= 15 is 0 Å². The van der Waals surface area contributed by atoms with E-state index in [9.17, 15) is 0 Å². The van der Waals surface area contributed by atoms with Gasteiger partial charge in [-0.25, -0.2) is 0 Å². The first kappa shape index (κ1) is 13.5. The van der Waals surface area contributed by atoms with Crippen LogP contribution in [-0.4, -0.2) is 42.8 Å². The zero-order valence-corrected chi connectivity index (χ0v) is 12.6. The predicted octanol–water partition coefficient (Wildman–Crippen LogP) is 2.87. The van der Waals surface area contributed by atoms with Crippen LogP contribution in [0, 0.1) is 5.92 Å². The highest BCUT2D eigenvalue weighted by atomic mass is 16.8. The van der Waals surface area contributed by atoms with Crippen molar-refractivity contribution in [1.82, 2.24) is 5.06 Å². The topological polar surface area (TPSA) is 30.9 Å². The van der Waals surface area contributed by atoms with Gasteiger partial charge in [-0.15, -0.1) is 0 Å². The predicted molar refractivity (Wildman–Crippen MR) is 75.0 cm³/mol. The number of ether oxygens (including phenoxy) is 2. The van der Waals surface area contributed by atoms with Gasteiger partial charge in [-0.2, -0.15) is 5.06 Å². The van der Waals surface area contributed by atoms with E-state index in [4.69, 9.17) is 14.3 Å². The number of hydrogen-bond donors (Lipinski definition) is 0. The van der Waals surface area contributed by atoms with Gasteiger partial charge >= 0.3 is 0 Å². The fraction of sp³-hybridized carbons (Fsp3) is 1.00. The highest BCUT2D eigenvalue weighted by Gasteiger charge is 2.52. The monoisotopic (exact) mass is 281 g/mol. The van der Waals surface area contributed by atoms with E-state index in [-0.39, 0.29) is 18.0 Å². The molecule has 0 radical (unpaired) electrons. The maximum atomic E-state index is 6.40. The van der Waals surface area contributed by atoms with Gasteiger partial charge in [-0.3, -0.25) is 4.84 Å². The molecule has 2 heterocycles. The van der Waals surface area contributed by atoms with E-state index in [0.29, 0.717) is 12.0 Å². The summed E-state index contributed by atoms with van der Waals surface area (Å²) in [6.45, 7) is 0.724. The van der Waals surface area contributed by atoms with Crippen molar-refractivity contribution in [2.75, 3.05) is 13.7 Å². The Kier molecular flexibility index (Phi) is 3.53. The lowest BCUT2D eigenvalue weighted by molar-refractivity contribution is -0.217. The average Bonchev–Trinajstić information content (AvgIpc) is 3.03. The number of hydrogen-bond acceptors (Lipinski definition) is 4. The zero-order chi connectivity index (χ0) is 13.6. The largest absolute Gasteiger partial charge is 0.347 e. The Hall–Kier alpha value is -0.160. The molecule has 0 N–H and O–H groups in total. The molecule has 4 aliphatic rings. The molecule has 2 saturated heterocycles. The van der Waals surface area contributed by atoms with Gasteiger partial charge in [-0.1, -0.05) is 19.3 Å². The maximum absolute atomic E-state index is 6.40. The fourth-order valence-corrected chi connectivity index (χ4v) is 4.76. The van der Waals surface area contributed by atoms with Crippen LogP contribution in [0.3, 0.4) is 0 Å². The Bertz CT molecular complexity index is 356. The van der Waals surface area contributed by atoms with Crippen LogP contribution in [0.4, 0.5) is 0 Å². The van der Waals surface area contributed by atoms with E-state index in [1.54, 1.807) is 0 Å². The second kappa shape index (κ2) is 5.24. The van der Waals surface area contributed by atoms with Crippen LogP contribution >= 0.6 is 0 Å². The van der Waals surface area contributed by atoms with Crippen LogP contribution in [0.5, 0.6) is 0 Å². The smallest absolute Gasteiger partial charge is 0.169 e. The number of rotatable bonds is 1. The molecule has 0 bridgehead atoms. The van der Waals surface area contributed by atoms with E-state index in [2.05, 4.69) is 12.1 Å². The Morgan fingerprint density at radius 3 is 2.65 bits per heavy atom. The lowest BCUT2D eigenvalue weighted by Crippen LogP contribution is -2.40. The van der Waals surface area contributed by atoms with Crippen molar-refractivity contribution in [2.24, 2.45) is 5.92 Å². The standard InChI is InChI=1S/C16H27NO3/c1-17-13-8-4-3-7-12(13)15(20-17)14-11-18-16(19-14)9-5-2-6-10-16/h12-15H,2-11H2,1H3/t12-,13-,14+,15-/m0/s1. The summed E-state index contributed by atoms with van der Waals surface area (Å²) in [4.78, 5) is 6.15. The molecule has 4 fully saturated rings. The van der Waals surface area contributed by atoms with E-state index in [1.165, 1.54) is 44.9 Å². The molecule has 4 heteroatoms. The summed E-state index contributed by atoms with van der Waals surface area (Å²) in [5.41, 5.74) is 0. The van der Waals surface area contributed by atoms with Crippen molar-refractivity contribution >= 4 is 0 Å². The van der Waals surface area contributed by atoms with Crippen LogP contribution in [-0.2, 0) is 14.3 Å². The van der Waals surface area contributed by atoms with Crippen LogP contribution in [0.1, 0.15) is 57.8 Å². The molecule has 2 saturated carbocycles. The zero-order valence-electron chi connectivity index (χ0n) is 12.6. The molecule has 20 heavy (non-hydrogen) atoms. The summed E-state index contributed by atoms with van der Waals surface area (Å²) in [5.74, 6) is 0.374. The summed E-state index contributed by atoms with van der Waals surface area (Å²) in [5, 5.41) is 2.10. The quantitative estimate of drug-likeness (QED) is 0.739. The molecule has 0 unspecified atom stereocenters. The summed E-state index contributed by atoms with van der Waals surface area (Å²) in [6, 6.07) is 0.597. The van der Waals surface area contributed by atoms with Gasteiger partial charge in [0.05, 0.1) is 6.61 Å². The van der Waals surface area contributed by atoms with Gasteiger partial charge in [0.2, 0.25) is 0 Å². The molecule has 114 valence electrons. The molecule has 4 nitrogen and oxygen atoms in total. The second-order valence-electron chi connectivity index (χ2n) is 7.07. The average molecular weight is 281 g/mol. The summed E-state index contributed by atoms with van der Waals surface area (Å²) in [6.07, 6.45) is 11.5. The normalized spacial score (nSPS) is 44.9. The minimum atomic E-state index is -0.266. The molecule has 0 aromatic carbocycles. The molecule has 4 atom stereocenters. The number of nitrogens with zero attached hydrogens (tertiary/aromatic N) is 1. The molecule has 1 spiro atoms. The minimum absolute atomic E-state index is 0.142. The van der Waals surface area contributed by atoms with Gasteiger partial charge < -0.3 is 9.47 Å². The first-order chi connectivity index (χ1) is 9.77. The maximum Gasteiger partial charge on any atom is 0.169 e. The van der Waals surface area contributed by atoms with Gasteiger partial charge in [0.15, 0.2) is 5.79 Å². The molecule has 2 aliphatic heterocycles. The Morgan fingerprint density at radius 2 is 1.80 bits per heavy atom. The van der Waals surface area contributed by atoms with Crippen molar-refractivity contribution in [1.29, 1.82) is 0 Å². The summed E-state index contributed by atoms with van der Waals surface area (Å²) >= 11 is 0. The van der Waals surface area contributed by atoms with Crippen molar-refractivity contribution in [3.63, 3.8) is 0 Å². The van der Waals surface area contributed by atoms with E-state index in [0.717, 1.165) is 19.4 Å². The molecule has 4 rings (SSSR count). The molecular weight excluding hydrogens is 254 g/mol. The van der Waals surface area contributed by atoms with E-state index < -0.39 is 0 Å². The molecule has 0 aromatic rings. The fourth-order valence-electron chi connectivity index (χ4n) is 4.76. The van der Waals surface area contributed by atoms with E-state index in [1.807, 2.05) is 0 Å². The molecule has 0 amide bonds. The third kappa shape index (κ3) is 2.21. The number of hydroxylamine groups is 2. The molecular formula is C16H27NO3. The SMILES string of the molecule is CN1O[C@H]([C@H]2COC3(CCCCC3)O2)[C@H]2CCCC[C@@H]21. The third-order valence-electron chi connectivity index (χ3n) is 5.82. The van der Waals surface area contributed by atoms with Crippen molar-refractivity contribution in [3.8, 4) is 0 Å². The minimum Gasteiger partial charge on any atom is -0.347 e. The highest BCUT2D eigenvalue weighted by molar-refractivity contribution is 4.96. The van der Waals surface area contributed by atoms with Crippen LogP contribution in [0.25, 0.3) is 0 Å². The van der Waals surface area contributed by atoms with Gasteiger partial charge in [-0.05, 0) is 25.7 Å². The third-order valence-corrected chi connectivity index (χ3v) is 5.82. The highest BCUT2D eigenvalue weighted by Crippen LogP contribution is 2.44. The Balaban J connectivity index is 1.46. The first-order valence-corrected chi connectivity index (χ1v) is 8.49. The second-order valence-corrected chi connectivity index (χ2v) is 7.07. The summed E-state index contributed by atoms with van der Waals surface area (Å²) in [7, 11) is 2.09. The van der Waals surface area contributed by atoms with Gasteiger partial charge in [0, 0.05) is 31.8 Å². The lowest BCUT2D eigenvalue weighted by Gasteiger charge is -2.33. The molecule has 0 aromatic heterocycles. The first-order valence-electron chi connectivity index (χ1n) is 8.49. The van der Waals surface area contributed by atoms with Crippen molar-refractivity contribution in [2.45, 2.75) is 81.8 Å². The Labute approximate surface area is 121 Å². The summed E-state index contributed by atoms with van der Waals surface area (Å²) < 4.78 is 12.5. The van der Waals surface area contributed by atoms with Crippen molar-refractivity contribution < 1.29 is 14.3 Å². The van der Waals surface area contributed by atoms with Crippen LogP contribution in [0.15, 0.2) is 0 Å². The van der Waals surface area contributed by atoms with Crippen molar-refractivity contribution in [3.05, 3.63) is 0 Å². The lowest BCUT2D eigenvalue weighted by atomic mass is 9.80. The van der Waals surface area contributed by atoms with Gasteiger partial charge in [0.1, 0.15) is 12.2 Å². The van der Waals surface area contributed by atoms with Crippen LogP contribution < -0.4 is 0 Å². The van der Waals surface area contributed by atoms with Gasteiger partial charge in [0.25, 0.3) is 0 Å². The number of fused-ring (bicyclic) bond motifs is 1. The van der Waals surface area contributed by atoms with Crippen LogP contribution in [0.2, 0.25) is 0 Å².